The Morgan fingerprint density at radius 2 is 2.29 bits per heavy atom. The lowest BCUT2D eigenvalue weighted by molar-refractivity contribution is 0.380. The van der Waals surface area contributed by atoms with E-state index >= 15 is 0 Å². The van der Waals surface area contributed by atoms with Crippen LogP contribution in [0.15, 0.2) is 22.7 Å². The Balaban J connectivity index is 2.08. The lowest BCUT2D eigenvalue weighted by atomic mass is 9.84. The normalized spacial score (nSPS) is 17.0. The molecule has 0 amide bonds. The quantitative estimate of drug-likeness (QED) is 0.912. The summed E-state index contributed by atoms with van der Waals surface area (Å²) in [5.41, 5.74) is 1.64. The minimum Gasteiger partial charge on any atom is -0.383 e. The van der Waals surface area contributed by atoms with Gasteiger partial charge in [0, 0.05) is 15.8 Å². The van der Waals surface area contributed by atoms with Gasteiger partial charge in [0.05, 0.1) is 11.3 Å². The van der Waals surface area contributed by atoms with Gasteiger partial charge in [-0.25, -0.2) is 0 Å². The van der Waals surface area contributed by atoms with E-state index in [1.165, 1.54) is 19.3 Å². The van der Waals surface area contributed by atoms with Crippen molar-refractivity contribution >= 4 is 33.4 Å². The molecule has 0 atom stereocenters. The van der Waals surface area contributed by atoms with Gasteiger partial charge in [-0.1, -0.05) is 22.4 Å². The van der Waals surface area contributed by atoms with Gasteiger partial charge in [-0.15, -0.1) is 0 Å². The van der Waals surface area contributed by atoms with Crippen LogP contribution >= 0.6 is 27.7 Å². The van der Waals surface area contributed by atoms with E-state index in [0.717, 1.165) is 16.7 Å². The largest absolute Gasteiger partial charge is 0.383 e. The summed E-state index contributed by atoms with van der Waals surface area (Å²) in [7, 11) is 0. The number of anilines is 1. The van der Waals surface area contributed by atoms with Crippen LogP contribution in [-0.2, 0) is 0 Å². The highest BCUT2D eigenvalue weighted by atomic mass is 79.9. The molecule has 90 valence electrons. The monoisotopic (exact) mass is 310 g/mol. The van der Waals surface area contributed by atoms with Crippen LogP contribution in [0.2, 0.25) is 0 Å². The van der Waals surface area contributed by atoms with Gasteiger partial charge in [0.1, 0.15) is 6.07 Å². The molecule has 0 bridgehead atoms. The summed E-state index contributed by atoms with van der Waals surface area (Å²) in [5, 5.41) is 12.5. The van der Waals surface area contributed by atoms with Gasteiger partial charge in [-0.05, 0) is 37.3 Å². The Kier molecular flexibility index (Phi) is 4.01. The molecule has 2 rings (SSSR count). The average molecular weight is 311 g/mol. The summed E-state index contributed by atoms with van der Waals surface area (Å²) in [6.45, 7) is 0.944. The van der Waals surface area contributed by atoms with Gasteiger partial charge in [0.15, 0.2) is 0 Å². The molecular formula is C13H15BrN2S. The predicted molar refractivity (Wildman–Crippen MR) is 77.4 cm³/mol. The molecule has 0 aliphatic heterocycles. The third-order valence-electron chi connectivity index (χ3n) is 3.40. The number of halogens is 1. The average Bonchev–Trinajstić information content (AvgIpc) is 2.28. The minimum absolute atomic E-state index is 0.384. The van der Waals surface area contributed by atoms with Crippen LogP contribution in [-0.4, -0.2) is 17.5 Å². The summed E-state index contributed by atoms with van der Waals surface area (Å²) in [5.74, 6) is 0. The molecule has 1 aliphatic carbocycles. The van der Waals surface area contributed by atoms with Gasteiger partial charge >= 0.3 is 0 Å². The van der Waals surface area contributed by atoms with Gasteiger partial charge < -0.3 is 5.32 Å². The Hall–Kier alpha value is -0.660. The molecule has 1 aromatic rings. The van der Waals surface area contributed by atoms with Crippen LogP contribution in [0.4, 0.5) is 5.69 Å². The van der Waals surface area contributed by atoms with E-state index in [0.29, 0.717) is 10.3 Å². The Morgan fingerprint density at radius 3 is 2.82 bits per heavy atom. The molecule has 2 nitrogen and oxygen atoms in total. The fourth-order valence-electron chi connectivity index (χ4n) is 2.04. The smallest absolute Gasteiger partial charge is 0.101 e. The minimum atomic E-state index is 0.384. The van der Waals surface area contributed by atoms with E-state index in [9.17, 15) is 0 Å². The van der Waals surface area contributed by atoms with Crippen molar-refractivity contribution in [1.29, 1.82) is 5.26 Å². The van der Waals surface area contributed by atoms with Gasteiger partial charge in [-0.2, -0.15) is 17.0 Å². The van der Waals surface area contributed by atoms with E-state index in [-0.39, 0.29) is 0 Å². The zero-order valence-corrected chi connectivity index (χ0v) is 12.2. The molecule has 1 N–H and O–H groups in total. The first kappa shape index (κ1) is 12.8. The summed E-state index contributed by atoms with van der Waals surface area (Å²) in [6.07, 6.45) is 6.05. The molecule has 1 aromatic carbocycles. The molecule has 0 radical (unpaired) electrons. The fraction of sp³-hybridized carbons (Fsp3) is 0.462. The van der Waals surface area contributed by atoms with Crippen LogP contribution < -0.4 is 5.32 Å². The number of benzene rings is 1. The maximum absolute atomic E-state index is 9.06. The zero-order valence-electron chi connectivity index (χ0n) is 9.79. The van der Waals surface area contributed by atoms with E-state index in [1.807, 2.05) is 30.0 Å². The van der Waals surface area contributed by atoms with Crippen molar-refractivity contribution in [2.24, 2.45) is 0 Å². The van der Waals surface area contributed by atoms with E-state index in [4.69, 9.17) is 5.26 Å². The van der Waals surface area contributed by atoms with Gasteiger partial charge in [-0.3, -0.25) is 0 Å². The number of nitrogens with zero attached hydrogens (tertiary/aromatic N) is 1. The molecule has 17 heavy (non-hydrogen) atoms. The maximum atomic E-state index is 9.06. The van der Waals surface area contributed by atoms with Crippen LogP contribution in [0.1, 0.15) is 24.8 Å². The summed E-state index contributed by atoms with van der Waals surface area (Å²) in [6, 6.07) is 7.95. The number of nitriles is 1. The molecule has 1 fully saturated rings. The standard InChI is InChI=1S/C13H15BrN2S/c1-17-13(5-2-6-13)9-16-12-7-11(14)4-3-10(12)8-15/h3-4,7,16H,2,5-6,9H2,1H3. The third-order valence-corrected chi connectivity index (χ3v) is 5.31. The van der Waals surface area contributed by atoms with E-state index < -0.39 is 0 Å². The van der Waals surface area contributed by atoms with E-state index in [1.54, 1.807) is 0 Å². The highest BCUT2D eigenvalue weighted by molar-refractivity contribution is 9.10. The number of thioether (sulfide) groups is 1. The number of hydrogen-bond acceptors (Lipinski definition) is 3. The van der Waals surface area contributed by atoms with Gasteiger partial charge in [0.25, 0.3) is 0 Å². The first-order valence-corrected chi connectivity index (χ1v) is 7.69. The highest BCUT2D eigenvalue weighted by Gasteiger charge is 2.35. The lowest BCUT2D eigenvalue weighted by Gasteiger charge is -2.40. The number of hydrogen-bond donors (Lipinski definition) is 1. The van der Waals surface area contributed by atoms with Crippen molar-refractivity contribution in [3.63, 3.8) is 0 Å². The van der Waals surface area contributed by atoms with Crippen LogP contribution in [0.25, 0.3) is 0 Å². The van der Waals surface area contributed by atoms with Crippen LogP contribution in [0, 0.1) is 11.3 Å². The summed E-state index contributed by atoms with van der Waals surface area (Å²) < 4.78 is 1.39. The Bertz CT molecular complexity index is 444. The second-order valence-electron chi connectivity index (χ2n) is 4.40. The van der Waals surface area contributed by atoms with Crippen molar-refractivity contribution in [1.82, 2.24) is 0 Å². The number of rotatable bonds is 4. The summed E-state index contributed by atoms with van der Waals surface area (Å²) >= 11 is 5.38. The van der Waals surface area contributed by atoms with Crippen molar-refractivity contribution < 1.29 is 0 Å². The maximum Gasteiger partial charge on any atom is 0.101 e. The molecular weight excluding hydrogens is 296 g/mol. The molecule has 0 unspecified atom stereocenters. The molecule has 0 saturated heterocycles. The van der Waals surface area contributed by atoms with Crippen LogP contribution in [0.3, 0.4) is 0 Å². The second-order valence-corrected chi connectivity index (χ2v) is 6.59. The summed E-state index contributed by atoms with van der Waals surface area (Å²) in [4.78, 5) is 0. The van der Waals surface area contributed by atoms with Gasteiger partial charge in [0.2, 0.25) is 0 Å². The van der Waals surface area contributed by atoms with E-state index in [2.05, 4.69) is 33.6 Å². The lowest BCUT2D eigenvalue weighted by Crippen LogP contribution is -2.40. The highest BCUT2D eigenvalue weighted by Crippen LogP contribution is 2.42. The molecule has 0 heterocycles. The number of nitrogens with one attached hydrogen (secondary N) is 1. The zero-order chi connectivity index (χ0) is 12.3. The first-order chi connectivity index (χ1) is 8.19. The molecule has 0 aromatic heterocycles. The van der Waals surface area contributed by atoms with Crippen molar-refractivity contribution in [2.45, 2.75) is 24.0 Å². The van der Waals surface area contributed by atoms with Crippen molar-refractivity contribution in [3.8, 4) is 6.07 Å². The fourth-order valence-corrected chi connectivity index (χ4v) is 3.32. The van der Waals surface area contributed by atoms with Crippen molar-refractivity contribution in [3.05, 3.63) is 28.2 Å². The molecule has 1 saturated carbocycles. The van der Waals surface area contributed by atoms with Crippen molar-refractivity contribution in [2.75, 3.05) is 18.1 Å². The molecule has 4 heteroatoms. The topological polar surface area (TPSA) is 35.8 Å². The third kappa shape index (κ3) is 2.78. The predicted octanol–water partition coefficient (Wildman–Crippen LogP) is 4.02. The Labute approximate surface area is 115 Å². The molecule has 1 aliphatic rings. The second kappa shape index (κ2) is 5.32. The Morgan fingerprint density at radius 1 is 1.53 bits per heavy atom. The van der Waals surface area contributed by atoms with Crippen LogP contribution in [0.5, 0.6) is 0 Å². The first-order valence-electron chi connectivity index (χ1n) is 5.68. The molecule has 0 spiro atoms. The SMILES string of the molecule is CSC1(CNc2cc(Br)ccc2C#N)CCC1.